The molecule has 1 amide bonds. The predicted molar refractivity (Wildman–Crippen MR) is 101 cm³/mol. The molecule has 0 fully saturated rings. The molecule has 0 aromatic heterocycles. The van der Waals surface area contributed by atoms with E-state index in [4.69, 9.17) is 34.8 Å². The molecule has 23 heavy (non-hydrogen) atoms. The Bertz CT molecular complexity index is 669. The molecule has 0 aliphatic heterocycles. The van der Waals surface area contributed by atoms with E-state index in [1.54, 1.807) is 55.5 Å². The molecule has 0 bridgehead atoms. The highest BCUT2D eigenvalue weighted by atomic mass is 79.9. The molecule has 2 N–H and O–H groups in total. The molecule has 3 nitrogen and oxygen atoms in total. The van der Waals surface area contributed by atoms with Crippen LogP contribution in [0.5, 0.6) is 0 Å². The van der Waals surface area contributed by atoms with Gasteiger partial charge in [0.2, 0.25) is 0 Å². The third kappa shape index (κ3) is 5.57. The van der Waals surface area contributed by atoms with Gasteiger partial charge in [0.05, 0.1) is 0 Å². The largest absolute Gasteiger partial charge is 0.363 e. The first kappa shape index (κ1) is 18.4. The summed E-state index contributed by atoms with van der Waals surface area (Å²) in [6.07, 6.45) is -0.692. The van der Waals surface area contributed by atoms with Gasteiger partial charge in [0.25, 0.3) is 5.91 Å². The van der Waals surface area contributed by atoms with Crippen molar-refractivity contribution in [2.45, 2.75) is 17.4 Å². The van der Waals surface area contributed by atoms with Crippen molar-refractivity contribution in [1.82, 2.24) is 5.32 Å². The zero-order valence-electron chi connectivity index (χ0n) is 12.1. The molecule has 1 atom stereocenters. The fourth-order valence-electron chi connectivity index (χ4n) is 1.82. The highest BCUT2D eigenvalue weighted by molar-refractivity contribution is 9.10. The molecule has 1 unspecified atom stereocenters. The first-order chi connectivity index (χ1) is 10.8. The standard InChI is InChI=1S/C16H14BrCl3N2O/c1-16(19,20)15(21-13-8-6-12(18)7-9-13)22-14(23)10-2-4-11(17)5-3-10/h2-9,15,21H,1H3,(H,22,23). The van der Waals surface area contributed by atoms with E-state index in [0.29, 0.717) is 10.6 Å². The molecule has 0 spiro atoms. The SMILES string of the molecule is CC(Cl)(Cl)C(NC(=O)c1ccc(Br)cc1)Nc1ccc(Cl)cc1. The average molecular weight is 437 g/mol. The lowest BCUT2D eigenvalue weighted by molar-refractivity contribution is 0.0939. The number of rotatable bonds is 5. The molecule has 2 aromatic rings. The highest BCUT2D eigenvalue weighted by Crippen LogP contribution is 2.26. The minimum Gasteiger partial charge on any atom is -0.363 e. The quantitative estimate of drug-likeness (QED) is 0.482. The second-order valence-electron chi connectivity index (χ2n) is 5.02. The molecule has 0 radical (unpaired) electrons. The van der Waals surface area contributed by atoms with Crippen LogP contribution in [0.2, 0.25) is 5.02 Å². The maximum Gasteiger partial charge on any atom is 0.252 e. The summed E-state index contributed by atoms with van der Waals surface area (Å²) in [5, 5.41) is 6.50. The summed E-state index contributed by atoms with van der Waals surface area (Å²) < 4.78 is -0.325. The number of carbonyl (C=O) groups excluding carboxylic acids is 1. The van der Waals surface area contributed by atoms with Crippen LogP contribution in [0, 0.1) is 0 Å². The Morgan fingerprint density at radius 1 is 1.09 bits per heavy atom. The van der Waals surface area contributed by atoms with E-state index < -0.39 is 10.5 Å². The smallest absolute Gasteiger partial charge is 0.252 e. The zero-order valence-corrected chi connectivity index (χ0v) is 16.0. The van der Waals surface area contributed by atoms with Crippen LogP contribution in [0.25, 0.3) is 0 Å². The molecule has 122 valence electrons. The van der Waals surface area contributed by atoms with Crippen molar-refractivity contribution in [2.75, 3.05) is 5.32 Å². The number of benzene rings is 2. The lowest BCUT2D eigenvalue weighted by Gasteiger charge is -2.29. The Kier molecular flexibility index (Phi) is 6.20. The Morgan fingerprint density at radius 3 is 2.17 bits per heavy atom. The number of halogens is 4. The summed E-state index contributed by atoms with van der Waals surface area (Å²) in [6, 6.07) is 14.0. The maximum absolute atomic E-state index is 12.4. The molecule has 7 heteroatoms. The van der Waals surface area contributed by atoms with Gasteiger partial charge in [-0.05, 0) is 55.5 Å². The summed E-state index contributed by atoms with van der Waals surface area (Å²) >= 11 is 21.6. The number of carbonyl (C=O) groups is 1. The second-order valence-corrected chi connectivity index (χ2v) is 8.14. The van der Waals surface area contributed by atoms with Gasteiger partial charge in [-0.25, -0.2) is 0 Å². The maximum atomic E-state index is 12.4. The van der Waals surface area contributed by atoms with E-state index in [2.05, 4.69) is 26.6 Å². The van der Waals surface area contributed by atoms with Crippen molar-refractivity contribution >= 4 is 62.3 Å². The van der Waals surface area contributed by atoms with Crippen LogP contribution < -0.4 is 10.6 Å². The molecule has 0 saturated heterocycles. The fraction of sp³-hybridized carbons (Fsp3) is 0.188. The minimum atomic E-state index is -1.22. The van der Waals surface area contributed by atoms with Crippen molar-refractivity contribution in [2.24, 2.45) is 0 Å². The summed E-state index contributed by atoms with van der Waals surface area (Å²) in [7, 11) is 0. The lowest BCUT2D eigenvalue weighted by Crippen LogP contribution is -2.50. The third-order valence-corrected chi connectivity index (χ3v) is 4.26. The topological polar surface area (TPSA) is 41.1 Å². The molecule has 2 rings (SSSR count). The monoisotopic (exact) mass is 434 g/mol. The molecule has 0 heterocycles. The Morgan fingerprint density at radius 2 is 1.65 bits per heavy atom. The van der Waals surface area contributed by atoms with Crippen LogP contribution in [-0.2, 0) is 0 Å². The predicted octanol–water partition coefficient (Wildman–Crippen LogP) is 5.46. The first-order valence-electron chi connectivity index (χ1n) is 6.72. The van der Waals surface area contributed by atoms with Crippen molar-refractivity contribution in [3.8, 4) is 0 Å². The lowest BCUT2D eigenvalue weighted by atomic mass is 10.2. The third-order valence-electron chi connectivity index (χ3n) is 3.04. The van der Waals surface area contributed by atoms with Crippen LogP contribution in [0.4, 0.5) is 5.69 Å². The van der Waals surface area contributed by atoms with E-state index in [0.717, 1.165) is 10.2 Å². The Balaban J connectivity index is 2.14. The number of nitrogens with one attached hydrogen (secondary N) is 2. The van der Waals surface area contributed by atoms with Crippen molar-refractivity contribution in [3.05, 3.63) is 63.6 Å². The van der Waals surface area contributed by atoms with Gasteiger partial charge in [0, 0.05) is 20.7 Å². The van der Waals surface area contributed by atoms with E-state index in [-0.39, 0.29) is 5.91 Å². The second kappa shape index (κ2) is 7.75. The number of anilines is 1. The molecular formula is C16H14BrCl3N2O. The number of hydrogen-bond donors (Lipinski definition) is 2. The zero-order chi connectivity index (χ0) is 17.0. The Hall–Kier alpha value is -0.940. The van der Waals surface area contributed by atoms with Crippen molar-refractivity contribution in [1.29, 1.82) is 0 Å². The minimum absolute atomic E-state index is 0.281. The van der Waals surface area contributed by atoms with Crippen LogP contribution in [0.1, 0.15) is 17.3 Å². The fourth-order valence-corrected chi connectivity index (χ4v) is 2.43. The molecule has 0 aliphatic carbocycles. The van der Waals surface area contributed by atoms with Crippen LogP contribution in [0.15, 0.2) is 53.0 Å². The Labute approximate surface area is 158 Å². The van der Waals surface area contributed by atoms with E-state index >= 15 is 0 Å². The van der Waals surface area contributed by atoms with E-state index in [9.17, 15) is 4.79 Å². The van der Waals surface area contributed by atoms with Crippen molar-refractivity contribution in [3.63, 3.8) is 0 Å². The first-order valence-corrected chi connectivity index (χ1v) is 8.65. The van der Waals surface area contributed by atoms with Crippen LogP contribution in [-0.4, -0.2) is 16.4 Å². The van der Waals surface area contributed by atoms with Crippen molar-refractivity contribution < 1.29 is 4.79 Å². The summed E-state index contributed by atoms with van der Waals surface area (Å²) in [5.41, 5.74) is 1.25. The molecule has 0 saturated carbocycles. The number of alkyl halides is 2. The molecule has 0 aliphatic rings. The summed E-state index contributed by atoms with van der Waals surface area (Å²) in [6.45, 7) is 1.60. The van der Waals surface area contributed by atoms with Gasteiger partial charge in [-0.1, -0.05) is 50.7 Å². The van der Waals surface area contributed by atoms with Gasteiger partial charge in [-0.3, -0.25) is 4.79 Å². The van der Waals surface area contributed by atoms with Gasteiger partial charge in [0.15, 0.2) is 4.33 Å². The number of hydrogen-bond acceptors (Lipinski definition) is 2. The molecule has 2 aromatic carbocycles. The van der Waals surface area contributed by atoms with Crippen LogP contribution >= 0.6 is 50.7 Å². The van der Waals surface area contributed by atoms with E-state index in [1.165, 1.54) is 0 Å². The van der Waals surface area contributed by atoms with Gasteiger partial charge in [-0.15, -0.1) is 0 Å². The van der Waals surface area contributed by atoms with E-state index in [1.807, 2.05) is 0 Å². The van der Waals surface area contributed by atoms with Gasteiger partial charge in [0.1, 0.15) is 6.17 Å². The average Bonchev–Trinajstić information content (AvgIpc) is 2.48. The van der Waals surface area contributed by atoms with Crippen LogP contribution in [0.3, 0.4) is 0 Å². The van der Waals surface area contributed by atoms with Gasteiger partial charge >= 0.3 is 0 Å². The normalized spacial score (nSPS) is 12.6. The molecular weight excluding hydrogens is 422 g/mol. The van der Waals surface area contributed by atoms with Gasteiger partial charge in [-0.2, -0.15) is 0 Å². The summed E-state index contributed by atoms with van der Waals surface area (Å²) in [4.78, 5) is 12.4. The highest BCUT2D eigenvalue weighted by Gasteiger charge is 2.31. The van der Waals surface area contributed by atoms with Gasteiger partial charge < -0.3 is 10.6 Å². The number of amides is 1. The summed E-state index contributed by atoms with van der Waals surface area (Å²) in [5.74, 6) is -0.281.